The first-order valence-corrected chi connectivity index (χ1v) is 11.5. The van der Waals surface area contributed by atoms with Crippen LogP contribution in [0.25, 0.3) is 5.76 Å². The smallest absolute Gasteiger partial charge is 0.258 e. The topological polar surface area (TPSA) is 18.5 Å². The highest BCUT2D eigenvalue weighted by Gasteiger charge is 2.47. The Labute approximate surface area is 156 Å². The van der Waals surface area contributed by atoms with Crippen LogP contribution in [0.2, 0.25) is 16.6 Å². The van der Waals surface area contributed by atoms with Crippen LogP contribution in [0.3, 0.4) is 0 Å². The summed E-state index contributed by atoms with van der Waals surface area (Å²) in [5, 5.41) is 0. The molecule has 1 rings (SSSR count). The maximum absolute atomic E-state index is 6.95. The van der Waals surface area contributed by atoms with E-state index in [2.05, 4.69) is 79.7 Å². The van der Waals surface area contributed by atoms with E-state index in [4.69, 9.17) is 9.16 Å². The van der Waals surface area contributed by atoms with Crippen LogP contribution in [0.5, 0.6) is 5.75 Å². The zero-order chi connectivity index (χ0) is 19.2. The molecule has 0 fully saturated rings. The molecule has 3 heteroatoms. The Hall–Kier alpha value is -1.48. The Morgan fingerprint density at radius 2 is 1.32 bits per heavy atom. The van der Waals surface area contributed by atoms with Crippen molar-refractivity contribution in [3.63, 3.8) is 0 Å². The van der Waals surface area contributed by atoms with Gasteiger partial charge < -0.3 is 9.16 Å². The van der Waals surface area contributed by atoms with Crippen molar-refractivity contribution >= 4 is 14.1 Å². The Morgan fingerprint density at radius 1 is 0.840 bits per heavy atom. The quantitative estimate of drug-likeness (QED) is 0.277. The summed E-state index contributed by atoms with van der Waals surface area (Å²) in [5.74, 6) is 1.84. The van der Waals surface area contributed by atoms with Gasteiger partial charge in [0.15, 0.2) is 0 Å². The van der Waals surface area contributed by atoms with E-state index < -0.39 is 8.32 Å². The van der Waals surface area contributed by atoms with E-state index in [1.165, 1.54) is 5.57 Å². The normalized spacial score (nSPS) is 12.7. The van der Waals surface area contributed by atoms with Crippen LogP contribution in [0.1, 0.15) is 61.0 Å². The molecule has 0 heterocycles. The predicted molar refractivity (Wildman–Crippen MR) is 113 cm³/mol. The number of hydrogen-bond acceptors (Lipinski definition) is 2. The minimum atomic E-state index is -2.00. The molecule has 0 aliphatic heterocycles. The second-order valence-electron chi connectivity index (χ2n) is 7.92. The van der Waals surface area contributed by atoms with Crippen molar-refractivity contribution < 1.29 is 9.16 Å². The summed E-state index contributed by atoms with van der Waals surface area (Å²) < 4.78 is 12.2. The van der Waals surface area contributed by atoms with E-state index in [9.17, 15) is 0 Å². The first-order chi connectivity index (χ1) is 11.6. The second-order valence-corrected chi connectivity index (χ2v) is 13.3. The monoisotopic (exact) mass is 360 g/mol. The average Bonchev–Trinajstić information content (AvgIpc) is 2.54. The molecule has 0 spiro atoms. The Bertz CT molecular complexity index is 569. The van der Waals surface area contributed by atoms with E-state index >= 15 is 0 Å². The molecule has 0 N–H and O–H groups in total. The summed E-state index contributed by atoms with van der Waals surface area (Å²) in [5.41, 5.74) is 4.00. The molecule has 0 aliphatic carbocycles. The molecule has 0 saturated carbocycles. The molecule has 0 unspecified atom stereocenters. The summed E-state index contributed by atoms with van der Waals surface area (Å²) in [6.45, 7) is 18.1. The van der Waals surface area contributed by atoms with Crippen LogP contribution in [-0.2, 0) is 4.43 Å². The molecule has 0 radical (unpaired) electrons. The van der Waals surface area contributed by atoms with Gasteiger partial charge in [0.2, 0.25) is 0 Å². The van der Waals surface area contributed by atoms with Crippen molar-refractivity contribution in [1.29, 1.82) is 0 Å². The van der Waals surface area contributed by atoms with Gasteiger partial charge in [-0.25, -0.2) is 0 Å². The molecule has 0 bridgehead atoms. The molecule has 0 amide bonds. The highest BCUT2D eigenvalue weighted by Crippen LogP contribution is 2.45. The van der Waals surface area contributed by atoms with Gasteiger partial charge in [0.1, 0.15) is 11.5 Å². The van der Waals surface area contributed by atoms with Crippen molar-refractivity contribution in [1.82, 2.24) is 0 Å². The lowest BCUT2D eigenvalue weighted by Gasteiger charge is -2.43. The molecular formula is C22H36O2Si. The summed E-state index contributed by atoms with van der Waals surface area (Å²) in [7, 11) is -0.302. The van der Waals surface area contributed by atoms with Crippen molar-refractivity contribution in [3.8, 4) is 5.75 Å². The van der Waals surface area contributed by atoms with Crippen molar-refractivity contribution in [3.05, 3.63) is 47.6 Å². The molecule has 1 aromatic rings. The standard InChI is InChI=1S/C22H36O2Si/c1-16(2)10-15-22(20-11-13-21(23-9)14-12-20)24-25(17(3)4,18(5)6)19(7)8/h10-15,17-19H,1-9H3/b22-15+. The third kappa shape index (κ3) is 5.24. The first-order valence-electron chi connectivity index (χ1n) is 9.33. The molecule has 25 heavy (non-hydrogen) atoms. The third-order valence-electron chi connectivity index (χ3n) is 4.94. The molecule has 1 aromatic carbocycles. The van der Waals surface area contributed by atoms with Crippen molar-refractivity contribution in [2.24, 2.45) is 0 Å². The fourth-order valence-corrected chi connectivity index (χ4v) is 9.00. The number of rotatable bonds is 8. The van der Waals surface area contributed by atoms with E-state index in [0.29, 0.717) is 16.6 Å². The zero-order valence-corrected chi connectivity index (χ0v) is 18.5. The molecular weight excluding hydrogens is 324 g/mol. The van der Waals surface area contributed by atoms with Gasteiger partial charge in [-0.1, -0.05) is 53.2 Å². The van der Waals surface area contributed by atoms with E-state index in [1.807, 2.05) is 12.1 Å². The first kappa shape index (κ1) is 21.6. The van der Waals surface area contributed by atoms with Gasteiger partial charge in [-0.2, -0.15) is 0 Å². The highest BCUT2D eigenvalue weighted by molar-refractivity contribution is 6.78. The minimum Gasteiger partial charge on any atom is -0.542 e. The highest BCUT2D eigenvalue weighted by atomic mass is 28.4. The lowest BCUT2D eigenvalue weighted by Crippen LogP contribution is -2.47. The van der Waals surface area contributed by atoms with E-state index in [0.717, 1.165) is 17.1 Å². The number of ether oxygens (including phenoxy) is 1. The van der Waals surface area contributed by atoms with E-state index in [-0.39, 0.29) is 0 Å². The summed E-state index contributed by atoms with van der Waals surface area (Å²) >= 11 is 0. The second kappa shape index (κ2) is 9.28. The molecule has 0 atom stereocenters. The lowest BCUT2D eigenvalue weighted by atomic mass is 10.1. The van der Waals surface area contributed by atoms with Crippen molar-refractivity contribution in [2.45, 2.75) is 72.0 Å². The largest absolute Gasteiger partial charge is 0.542 e. The Balaban J connectivity index is 3.40. The maximum Gasteiger partial charge on any atom is 0.258 e. The summed E-state index contributed by atoms with van der Waals surface area (Å²) in [4.78, 5) is 0. The number of benzene rings is 1. The van der Waals surface area contributed by atoms with Gasteiger partial charge in [0, 0.05) is 5.56 Å². The number of methoxy groups -OCH3 is 1. The minimum absolute atomic E-state index is 0.542. The third-order valence-corrected chi connectivity index (χ3v) is 10.9. The zero-order valence-electron chi connectivity index (χ0n) is 17.5. The number of allylic oxidation sites excluding steroid dienone is 3. The van der Waals surface area contributed by atoms with Gasteiger partial charge in [-0.05, 0) is 60.8 Å². The number of hydrogen-bond donors (Lipinski definition) is 0. The predicted octanol–water partition coefficient (Wildman–Crippen LogP) is 7.19. The van der Waals surface area contributed by atoms with Gasteiger partial charge in [0.05, 0.1) is 7.11 Å². The van der Waals surface area contributed by atoms with E-state index in [1.54, 1.807) is 7.11 Å². The van der Waals surface area contributed by atoms with Gasteiger partial charge in [-0.3, -0.25) is 0 Å². The molecule has 0 aliphatic rings. The molecule has 2 nitrogen and oxygen atoms in total. The van der Waals surface area contributed by atoms with Crippen LogP contribution in [0, 0.1) is 0 Å². The van der Waals surface area contributed by atoms with Gasteiger partial charge >= 0.3 is 0 Å². The SMILES string of the molecule is COc1ccc(/C(=C\C=C(C)C)O[Si](C(C)C)(C(C)C)C(C)C)cc1. The van der Waals surface area contributed by atoms with Crippen LogP contribution in [0.15, 0.2) is 42.0 Å². The fraction of sp³-hybridized carbons (Fsp3) is 0.545. The summed E-state index contributed by atoms with van der Waals surface area (Å²) in [6.07, 6.45) is 4.27. The van der Waals surface area contributed by atoms with Gasteiger partial charge in [-0.15, -0.1) is 0 Å². The van der Waals surface area contributed by atoms with Crippen molar-refractivity contribution in [2.75, 3.05) is 7.11 Å². The molecule has 0 saturated heterocycles. The van der Waals surface area contributed by atoms with Crippen LogP contribution < -0.4 is 4.74 Å². The molecule has 140 valence electrons. The Morgan fingerprint density at radius 3 is 1.68 bits per heavy atom. The maximum atomic E-state index is 6.95. The average molecular weight is 361 g/mol. The lowest BCUT2D eigenvalue weighted by molar-refractivity contribution is 0.414. The van der Waals surface area contributed by atoms with Gasteiger partial charge in [0.25, 0.3) is 8.32 Å². The summed E-state index contributed by atoms with van der Waals surface area (Å²) in [6, 6.07) is 8.17. The molecule has 0 aromatic heterocycles. The Kier molecular flexibility index (Phi) is 8.00. The van der Waals surface area contributed by atoms with Crippen LogP contribution in [0.4, 0.5) is 0 Å². The van der Waals surface area contributed by atoms with Crippen LogP contribution >= 0.6 is 0 Å². The van der Waals surface area contributed by atoms with Crippen LogP contribution in [-0.4, -0.2) is 15.4 Å². The fourth-order valence-electron chi connectivity index (χ4n) is 3.73.